The van der Waals surface area contributed by atoms with Crippen LogP contribution in [0, 0.1) is 17.3 Å². The third-order valence-electron chi connectivity index (χ3n) is 4.92. The van der Waals surface area contributed by atoms with Crippen LogP contribution >= 0.6 is 56.8 Å². The van der Waals surface area contributed by atoms with Crippen molar-refractivity contribution in [3.63, 3.8) is 0 Å². The summed E-state index contributed by atoms with van der Waals surface area (Å²) in [6.45, 7) is 2.66. The number of nitrogens with zero attached hydrogens (tertiary/aromatic N) is 2. The Hall–Kier alpha value is -2.71. The molecular formula is C25H17ClI2N2O6. The number of aliphatic imine (C=N–C) groups is 1. The van der Waals surface area contributed by atoms with Crippen molar-refractivity contribution in [1.29, 1.82) is 0 Å². The molecule has 8 nitrogen and oxygen atoms in total. The molecule has 0 atom stereocenters. The second-order valence-corrected chi connectivity index (χ2v) is 10.3. The van der Waals surface area contributed by atoms with Gasteiger partial charge in [0.15, 0.2) is 17.2 Å². The summed E-state index contributed by atoms with van der Waals surface area (Å²) in [6, 6.07) is 15.4. The Morgan fingerprint density at radius 2 is 1.94 bits per heavy atom. The van der Waals surface area contributed by atoms with Crippen LogP contribution in [0.4, 0.5) is 5.69 Å². The first-order valence-electron chi connectivity index (χ1n) is 10.6. The van der Waals surface area contributed by atoms with Gasteiger partial charge in [0, 0.05) is 15.7 Å². The molecule has 3 aromatic rings. The van der Waals surface area contributed by atoms with E-state index < -0.39 is 10.9 Å². The van der Waals surface area contributed by atoms with E-state index in [0.717, 1.165) is 12.7 Å². The summed E-state index contributed by atoms with van der Waals surface area (Å²) in [6.07, 6.45) is 1.55. The average Bonchev–Trinajstić information content (AvgIpc) is 3.18. The highest BCUT2D eigenvalue weighted by Gasteiger charge is 2.27. The molecule has 0 amide bonds. The lowest BCUT2D eigenvalue weighted by Crippen LogP contribution is -2.06. The van der Waals surface area contributed by atoms with Gasteiger partial charge in [-0.3, -0.25) is 10.1 Å². The van der Waals surface area contributed by atoms with Gasteiger partial charge in [0.05, 0.1) is 25.7 Å². The number of hydrogen-bond donors (Lipinski definition) is 0. The number of nitro benzene ring substituents is 1. The largest absolute Gasteiger partial charge is 0.490 e. The second kappa shape index (κ2) is 11.6. The highest BCUT2D eigenvalue weighted by Crippen LogP contribution is 2.36. The molecule has 1 aliphatic rings. The number of carbonyl (C=O) groups is 1. The smallest absolute Gasteiger partial charge is 0.363 e. The SMILES string of the molecule is CCOc1cc(/C=C2\N=C(c3cc([N+](=O)[O-])ccc3Cl)OC2=O)cc(I)c1OCc1cccc(I)c1. The van der Waals surface area contributed by atoms with Crippen LogP contribution in [0.15, 0.2) is 65.3 Å². The minimum absolute atomic E-state index is 0.0263. The van der Waals surface area contributed by atoms with Crippen molar-refractivity contribution in [1.82, 2.24) is 0 Å². The number of esters is 1. The number of non-ortho nitro benzene ring substituents is 1. The fraction of sp³-hybridized carbons (Fsp3) is 0.120. The van der Waals surface area contributed by atoms with Crippen molar-refractivity contribution in [2.75, 3.05) is 6.61 Å². The Kier molecular flexibility index (Phi) is 8.46. The van der Waals surface area contributed by atoms with Crippen molar-refractivity contribution in [2.45, 2.75) is 13.5 Å². The van der Waals surface area contributed by atoms with E-state index in [1.807, 2.05) is 37.3 Å². The normalized spacial score (nSPS) is 13.9. The Morgan fingerprint density at radius 1 is 1.14 bits per heavy atom. The van der Waals surface area contributed by atoms with Gasteiger partial charge in [-0.15, -0.1) is 0 Å². The maximum absolute atomic E-state index is 12.5. The minimum atomic E-state index is -0.695. The van der Waals surface area contributed by atoms with Gasteiger partial charge in [0.2, 0.25) is 5.90 Å². The van der Waals surface area contributed by atoms with Crippen molar-refractivity contribution in [3.8, 4) is 11.5 Å². The Bertz CT molecular complexity index is 1420. The fourth-order valence-corrected chi connectivity index (χ4v) is 4.92. The van der Waals surface area contributed by atoms with E-state index in [1.165, 1.54) is 18.2 Å². The molecule has 0 saturated heterocycles. The zero-order chi connectivity index (χ0) is 25.8. The molecule has 1 heterocycles. The van der Waals surface area contributed by atoms with Gasteiger partial charge < -0.3 is 14.2 Å². The van der Waals surface area contributed by atoms with E-state index in [-0.39, 0.29) is 27.9 Å². The molecule has 0 saturated carbocycles. The highest BCUT2D eigenvalue weighted by atomic mass is 127. The molecule has 0 aliphatic carbocycles. The molecular weight excluding hydrogens is 714 g/mol. The summed E-state index contributed by atoms with van der Waals surface area (Å²) in [4.78, 5) is 27.3. The number of hydrogen-bond acceptors (Lipinski definition) is 7. The fourth-order valence-electron chi connectivity index (χ4n) is 3.33. The first-order valence-corrected chi connectivity index (χ1v) is 13.1. The zero-order valence-electron chi connectivity index (χ0n) is 18.7. The summed E-state index contributed by atoms with van der Waals surface area (Å²) in [5, 5.41) is 11.3. The second-order valence-electron chi connectivity index (χ2n) is 7.44. The molecule has 0 radical (unpaired) electrons. The van der Waals surface area contributed by atoms with Crippen molar-refractivity contribution in [3.05, 3.63) is 99.3 Å². The maximum atomic E-state index is 12.5. The summed E-state index contributed by atoms with van der Waals surface area (Å²) < 4.78 is 19.0. The first kappa shape index (κ1) is 26.4. The van der Waals surface area contributed by atoms with Crippen LogP contribution in [-0.2, 0) is 16.1 Å². The molecule has 4 rings (SSSR count). The number of carbonyl (C=O) groups excluding carboxylic acids is 1. The van der Waals surface area contributed by atoms with Crippen LogP contribution in [0.1, 0.15) is 23.6 Å². The molecule has 0 fully saturated rings. The number of halogens is 3. The quantitative estimate of drug-likeness (QED) is 0.0834. The predicted molar refractivity (Wildman–Crippen MR) is 153 cm³/mol. The van der Waals surface area contributed by atoms with E-state index in [0.29, 0.717) is 30.3 Å². The van der Waals surface area contributed by atoms with E-state index in [1.54, 1.807) is 12.1 Å². The molecule has 0 N–H and O–H groups in total. The summed E-state index contributed by atoms with van der Waals surface area (Å²) in [5.41, 5.74) is 1.67. The number of cyclic esters (lactones) is 1. The monoisotopic (exact) mass is 730 g/mol. The van der Waals surface area contributed by atoms with E-state index in [4.69, 9.17) is 25.8 Å². The molecule has 11 heteroatoms. The van der Waals surface area contributed by atoms with Crippen LogP contribution in [-0.4, -0.2) is 23.4 Å². The number of nitro groups is 1. The van der Waals surface area contributed by atoms with Crippen LogP contribution in [0.2, 0.25) is 5.02 Å². The number of ether oxygens (including phenoxy) is 3. The van der Waals surface area contributed by atoms with Gasteiger partial charge in [-0.25, -0.2) is 9.79 Å². The topological polar surface area (TPSA) is 100 Å². The molecule has 1 aliphatic heterocycles. The standard InChI is InChI=1S/C25H17ClI2N2O6/c1-2-34-22-11-15(9-20(28)23(22)35-13-14-4-3-5-16(27)8-14)10-21-25(31)36-24(29-21)18-12-17(30(32)33)6-7-19(18)26/h3-12H,2,13H2,1H3/b21-10-. The number of benzene rings is 3. The molecule has 0 spiro atoms. The predicted octanol–water partition coefficient (Wildman–Crippen LogP) is 6.78. The van der Waals surface area contributed by atoms with Crippen LogP contribution in [0.25, 0.3) is 6.08 Å². The minimum Gasteiger partial charge on any atom is -0.490 e. The van der Waals surface area contributed by atoms with Crippen LogP contribution in [0.3, 0.4) is 0 Å². The average molecular weight is 731 g/mol. The van der Waals surface area contributed by atoms with Crippen molar-refractivity contribution in [2.24, 2.45) is 4.99 Å². The van der Waals surface area contributed by atoms with Gasteiger partial charge in [0.1, 0.15) is 6.61 Å². The van der Waals surface area contributed by atoms with Crippen molar-refractivity contribution < 1.29 is 23.9 Å². The van der Waals surface area contributed by atoms with E-state index in [2.05, 4.69) is 50.2 Å². The molecule has 3 aromatic carbocycles. The van der Waals surface area contributed by atoms with E-state index in [9.17, 15) is 14.9 Å². The lowest BCUT2D eigenvalue weighted by Gasteiger charge is -2.15. The number of rotatable bonds is 8. The Labute approximate surface area is 238 Å². The summed E-state index contributed by atoms with van der Waals surface area (Å²) in [5.74, 6) is 0.330. The van der Waals surface area contributed by atoms with Crippen molar-refractivity contribution >= 4 is 80.4 Å². The van der Waals surface area contributed by atoms with E-state index >= 15 is 0 Å². The van der Waals surface area contributed by atoms with Crippen LogP contribution in [0.5, 0.6) is 11.5 Å². The summed E-state index contributed by atoms with van der Waals surface area (Å²) in [7, 11) is 0. The lowest BCUT2D eigenvalue weighted by molar-refractivity contribution is -0.384. The highest BCUT2D eigenvalue weighted by molar-refractivity contribution is 14.1. The maximum Gasteiger partial charge on any atom is 0.363 e. The third kappa shape index (κ3) is 6.16. The van der Waals surface area contributed by atoms with Gasteiger partial charge in [-0.05, 0) is 99.6 Å². The molecule has 184 valence electrons. The Morgan fingerprint density at radius 3 is 2.67 bits per heavy atom. The summed E-state index contributed by atoms with van der Waals surface area (Å²) >= 11 is 10.6. The molecule has 0 unspecified atom stereocenters. The Balaban J connectivity index is 1.64. The lowest BCUT2D eigenvalue weighted by atomic mass is 10.1. The molecule has 36 heavy (non-hydrogen) atoms. The third-order valence-corrected chi connectivity index (χ3v) is 6.72. The first-order chi connectivity index (χ1) is 17.2. The molecule has 0 aromatic heterocycles. The van der Waals surface area contributed by atoms with Gasteiger partial charge in [-0.2, -0.15) is 0 Å². The van der Waals surface area contributed by atoms with Crippen LogP contribution < -0.4 is 9.47 Å². The van der Waals surface area contributed by atoms with Gasteiger partial charge in [0.25, 0.3) is 5.69 Å². The molecule has 0 bridgehead atoms. The van der Waals surface area contributed by atoms with Gasteiger partial charge >= 0.3 is 5.97 Å². The van der Waals surface area contributed by atoms with Gasteiger partial charge in [-0.1, -0.05) is 23.7 Å². The zero-order valence-corrected chi connectivity index (χ0v) is 23.7.